The Balaban J connectivity index is 2.05. The van der Waals surface area contributed by atoms with Crippen LogP contribution in [-0.4, -0.2) is 29.8 Å². The number of hydrogen-bond donors (Lipinski definition) is 0. The standard InChI is InChI=1S/C18H12ClFN4/c1-24-10-21-17(19)16-18(24)22-14-8-7-12(20)9-13(14)15(23-16)11-5-3-2-4-6-11/h2-10H,1H3. The average molecular weight is 339 g/mol. The first-order valence-electron chi connectivity index (χ1n) is 7.33. The van der Waals surface area contributed by atoms with Crippen molar-refractivity contribution in [2.24, 2.45) is 15.0 Å². The summed E-state index contributed by atoms with van der Waals surface area (Å²) >= 11 is 6.25. The number of rotatable bonds is 1. The van der Waals surface area contributed by atoms with Crippen LogP contribution < -0.4 is 0 Å². The van der Waals surface area contributed by atoms with Gasteiger partial charge in [-0.25, -0.2) is 19.4 Å². The maximum Gasteiger partial charge on any atom is 0.163 e. The van der Waals surface area contributed by atoms with Crippen LogP contribution >= 0.6 is 11.6 Å². The fourth-order valence-corrected chi connectivity index (χ4v) is 2.81. The molecule has 0 spiro atoms. The van der Waals surface area contributed by atoms with Crippen molar-refractivity contribution >= 4 is 35.2 Å². The van der Waals surface area contributed by atoms with Crippen LogP contribution in [0.15, 0.2) is 74.4 Å². The Hall–Kier alpha value is -2.79. The fourth-order valence-electron chi connectivity index (χ4n) is 2.64. The third kappa shape index (κ3) is 2.43. The van der Waals surface area contributed by atoms with E-state index in [1.807, 2.05) is 37.4 Å². The highest BCUT2D eigenvalue weighted by atomic mass is 35.5. The minimum absolute atomic E-state index is 0.258. The predicted molar refractivity (Wildman–Crippen MR) is 94.7 cm³/mol. The number of nitrogens with zero attached hydrogens (tertiary/aromatic N) is 4. The molecular weight excluding hydrogens is 327 g/mol. The van der Waals surface area contributed by atoms with Gasteiger partial charge in [0.1, 0.15) is 11.5 Å². The molecule has 0 aromatic heterocycles. The van der Waals surface area contributed by atoms with Crippen molar-refractivity contribution in [3.63, 3.8) is 0 Å². The van der Waals surface area contributed by atoms with Gasteiger partial charge in [0.2, 0.25) is 0 Å². The lowest BCUT2D eigenvalue weighted by Gasteiger charge is -2.19. The Morgan fingerprint density at radius 1 is 1.04 bits per heavy atom. The predicted octanol–water partition coefficient (Wildman–Crippen LogP) is 4.09. The van der Waals surface area contributed by atoms with E-state index >= 15 is 0 Å². The molecule has 0 aliphatic carbocycles. The quantitative estimate of drug-likeness (QED) is 0.722. The number of halogens is 2. The minimum atomic E-state index is -0.341. The topological polar surface area (TPSA) is 40.3 Å². The molecule has 4 nitrogen and oxygen atoms in total. The first-order valence-corrected chi connectivity index (χ1v) is 7.71. The lowest BCUT2D eigenvalue weighted by molar-refractivity contribution is 0.627. The summed E-state index contributed by atoms with van der Waals surface area (Å²) in [5, 5.41) is 0.258. The van der Waals surface area contributed by atoms with Crippen LogP contribution in [0.5, 0.6) is 0 Å². The largest absolute Gasteiger partial charge is 0.318 e. The summed E-state index contributed by atoms with van der Waals surface area (Å²) < 4.78 is 13.9. The number of fused-ring (bicyclic) bond motifs is 2. The second kappa shape index (κ2) is 5.69. The molecule has 2 aliphatic rings. The van der Waals surface area contributed by atoms with Crippen LogP contribution in [0, 0.1) is 5.82 Å². The first-order chi connectivity index (χ1) is 11.6. The van der Waals surface area contributed by atoms with Gasteiger partial charge in [0, 0.05) is 18.2 Å². The summed E-state index contributed by atoms with van der Waals surface area (Å²) in [6, 6.07) is 14.0. The SMILES string of the molecule is CN1C=NC(Cl)=C2N=C(c3ccccc3)c3cc(F)ccc3N=C21. The molecular formula is C18H12ClFN4. The van der Waals surface area contributed by atoms with Crippen LogP contribution in [-0.2, 0) is 0 Å². The highest BCUT2D eigenvalue weighted by Gasteiger charge is 2.25. The van der Waals surface area contributed by atoms with Crippen LogP contribution in [0.1, 0.15) is 11.1 Å². The summed E-state index contributed by atoms with van der Waals surface area (Å²) in [4.78, 5) is 15.2. The number of likely N-dealkylation sites (N-methyl/N-ethyl adjacent to an activating group) is 1. The Kier molecular flexibility index (Phi) is 3.50. The molecule has 2 aromatic carbocycles. The first kappa shape index (κ1) is 14.8. The molecule has 0 N–H and O–H groups in total. The molecule has 0 amide bonds. The van der Waals surface area contributed by atoms with Crippen LogP contribution in [0.3, 0.4) is 0 Å². The van der Waals surface area contributed by atoms with Gasteiger partial charge in [-0.1, -0.05) is 41.9 Å². The molecule has 0 saturated heterocycles. The molecule has 6 heteroatoms. The second-order valence-corrected chi connectivity index (χ2v) is 5.78. The van der Waals surface area contributed by atoms with Crippen molar-refractivity contribution in [1.82, 2.24) is 4.90 Å². The molecule has 0 radical (unpaired) electrons. The van der Waals surface area contributed by atoms with Crippen molar-refractivity contribution in [3.05, 3.63) is 76.3 Å². The molecule has 24 heavy (non-hydrogen) atoms. The van der Waals surface area contributed by atoms with Gasteiger partial charge in [-0.05, 0) is 18.2 Å². The molecule has 0 fully saturated rings. The van der Waals surface area contributed by atoms with Crippen molar-refractivity contribution in [1.29, 1.82) is 0 Å². The van der Waals surface area contributed by atoms with E-state index < -0.39 is 0 Å². The van der Waals surface area contributed by atoms with Crippen LogP contribution in [0.4, 0.5) is 10.1 Å². The van der Waals surface area contributed by atoms with Crippen LogP contribution in [0.2, 0.25) is 0 Å². The zero-order chi connectivity index (χ0) is 16.7. The van der Waals surface area contributed by atoms with Gasteiger partial charge in [-0.3, -0.25) is 0 Å². The number of aliphatic imine (C=N–C) groups is 3. The van der Waals surface area contributed by atoms with E-state index in [1.54, 1.807) is 17.3 Å². The van der Waals surface area contributed by atoms with E-state index in [9.17, 15) is 4.39 Å². The molecule has 0 bridgehead atoms. The monoisotopic (exact) mass is 338 g/mol. The molecule has 0 saturated carbocycles. The Morgan fingerprint density at radius 2 is 1.83 bits per heavy atom. The summed E-state index contributed by atoms with van der Waals surface area (Å²) in [6.45, 7) is 0. The zero-order valence-electron chi connectivity index (χ0n) is 12.7. The Labute approximate surface area is 143 Å². The number of benzene rings is 2. The maximum atomic E-state index is 13.9. The summed E-state index contributed by atoms with van der Waals surface area (Å²) in [6.07, 6.45) is 1.58. The van der Waals surface area contributed by atoms with E-state index in [-0.39, 0.29) is 11.0 Å². The molecule has 4 rings (SSSR count). The third-order valence-electron chi connectivity index (χ3n) is 3.80. The van der Waals surface area contributed by atoms with Crippen molar-refractivity contribution in [2.45, 2.75) is 0 Å². The molecule has 2 heterocycles. The number of hydrogen-bond acceptors (Lipinski definition) is 4. The summed E-state index contributed by atoms with van der Waals surface area (Å²) in [5.74, 6) is 0.237. The average Bonchev–Trinajstić information content (AvgIpc) is 2.77. The second-order valence-electron chi connectivity index (χ2n) is 5.42. The van der Waals surface area contributed by atoms with Gasteiger partial charge in [-0.15, -0.1) is 0 Å². The van der Waals surface area contributed by atoms with Crippen molar-refractivity contribution in [3.8, 4) is 0 Å². The fraction of sp³-hybridized carbons (Fsp3) is 0.0556. The van der Waals surface area contributed by atoms with Gasteiger partial charge < -0.3 is 4.90 Å². The normalized spacial score (nSPS) is 16.2. The van der Waals surface area contributed by atoms with Gasteiger partial charge in [0.25, 0.3) is 0 Å². The van der Waals surface area contributed by atoms with Gasteiger partial charge >= 0.3 is 0 Å². The third-order valence-corrected chi connectivity index (χ3v) is 4.07. The minimum Gasteiger partial charge on any atom is -0.318 e. The highest BCUT2D eigenvalue weighted by molar-refractivity contribution is 6.34. The summed E-state index contributed by atoms with van der Waals surface area (Å²) in [7, 11) is 1.82. The highest BCUT2D eigenvalue weighted by Crippen LogP contribution is 2.32. The molecule has 0 atom stereocenters. The lowest BCUT2D eigenvalue weighted by Crippen LogP contribution is -2.29. The zero-order valence-corrected chi connectivity index (χ0v) is 13.5. The molecule has 2 aromatic rings. The molecule has 2 aliphatic heterocycles. The van der Waals surface area contributed by atoms with Gasteiger partial charge in [0.05, 0.1) is 17.7 Å². The van der Waals surface area contributed by atoms with Gasteiger partial charge in [0.15, 0.2) is 11.0 Å². The lowest BCUT2D eigenvalue weighted by atomic mass is 10.0. The van der Waals surface area contributed by atoms with Crippen molar-refractivity contribution in [2.75, 3.05) is 7.05 Å². The molecule has 118 valence electrons. The van der Waals surface area contributed by atoms with Gasteiger partial charge in [-0.2, -0.15) is 0 Å². The van der Waals surface area contributed by atoms with E-state index in [0.717, 1.165) is 5.56 Å². The van der Waals surface area contributed by atoms with E-state index in [4.69, 9.17) is 16.6 Å². The van der Waals surface area contributed by atoms with E-state index in [0.29, 0.717) is 28.5 Å². The smallest absolute Gasteiger partial charge is 0.163 e. The van der Waals surface area contributed by atoms with Crippen LogP contribution in [0.25, 0.3) is 0 Å². The number of amidine groups is 1. The molecule has 0 unspecified atom stereocenters. The summed E-state index contributed by atoms with van der Waals surface area (Å²) in [5.41, 5.74) is 3.19. The Bertz CT molecular complexity index is 945. The Morgan fingerprint density at radius 3 is 2.62 bits per heavy atom. The van der Waals surface area contributed by atoms with E-state index in [2.05, 4.69) is 9.98 Å². The van der Waals surface area contributed by atoms with E-state index in [1.165, 1.54) is 12.1 Å². The maximum absolute atomic E-state index is 13.9. The van der Waals surface area contributed by atoms with Crippen molar-refractivity contribution < 1.29 is 4.39 Å².